The van der Waals surface area contributed by atoms with Crippen LogP contribution in [0, 0.1) is 0 Å². The standard InChI is InChI=1S/C9H13BrN2O/c10-7-3-4-13-9(7)8(5-11)12-6-1-2-6/h3-4,6,8,12H,1-2,5,11H2. The van der Waals surface area contributed by atoms with E-state index in [4.69, 9.17) is 10.2 Å². The highest BCUT2D eigenvalue weighted by atomic mass is 79.9. The number of hydrogen-bond acceptors (Lipinski definition) is 3. The second-order valence-corrected chi connectivity index (χ2v) is 4.22. The van der Waals surface area contributed by atoms with Crippen molar-refractivity contribution in [2.45, 2.75) is 24.9 Å². The first-order valence-electron chi connectivity index (χ1n) is 4.50. The molecule has 0 bridgehead atoms. The molecule has 3 N–H and O–H groups in total. The van der Waals surface area contributed by atoms with Gasteiger partial charge in [-0.1, -0.05) is 0 Å². The van der Waals surface area contributed by atoms with Crippen molar-refractivity contribution in [3.8, 4) is 0 Å². The number of nitrogens with two attached hydrogens (primary N) is 1. The summed E-state index contributed by atoms with van der Waals surface area (Å²) in [6.07, 6.45) is 4.19. The molecular weight excluding hydrogens is 232 g/mol. The summed E-state index contributed by atoms with van der Waals surface area (Å²) in [4.78, 5) is 0. The van der Waals surface area contributed by atoms with Crippen molar-refractivity contribution in [2.75, 3.05) is 6.54 Å². The number of nitrogens with one attached hydrogen (secondary N) is 1. The number of halogens is 1. The predicted octanol–water partition coefficient (Wildman–Crippen LogP) is 1.79. The molecule has 0 aromatic carbocycles. The van der Waals surface area contributed by atoms with E-state index in [1.165, 1.54) is 12.8 Å². The van der Waals surface area contributed by atoms with Gasteiger partial charge in [0.2, 0.25) is 0 Å². The Kier molecular flexibility index (Phi) is 2.71. The van der Waals surface area contributed by atoms with Crippen LogP contribution in [0.2, 0.25) is 0 Å². The van der Waals surface area contributed by atoms with Gasteiger partial charge in [-0.15, -0.1) is 0 Å². The summed E-state index contributed by atoms with van der Waals surface area (Å²) in [5.74, 6) is 0.911. The van der Waals surface area contributed by atoms with Gasteiger partial charge in [-0.2, -0.15) is 0 Å². The van der Waals surface area contributed by atoms with Gasteiger partial charge in [0.05, 0.1) is 16.8 Å². The molecule has 0 aliphatic heterocycles. The molecule has 4 heteroatoms. The van der Waals surface area contributed by atoms with Gasteiger partial charge in [-0.05, 0) is 34.8 Å². The van der Waals surface area contributed by atoms with Crippen molar-refractivity contribution in [2.24, 2.45) is 5.73 Å². The van der Waals surface area contributed by atoms with E-state index in [0.717, 1.165) is 10.2 Å². The fourth-order valence-electron chi connectivity index (χ4n) is 1.34. The fourth-order valence-corrected chi connectivity index (χ4v) is 1.82. The maximum absolute atomic E-state index is 5.67. The van der Waals surface area contributed by atoms with Crippen LogP contribution < -0.4 is 11.1 Å². The third kappa shape index (κ3) is 2.13. The Balaban J connectivity index is 2.06. The number of furan rings is 1. The molecule has 1 aliphatic rings. The van der Waals surface area contributed by atoms with Crippen LogP contribution in [0.5, 0.6) is 0 Å². The second kappa shape index (κ2) is 3.82. The molecule has 1 aromatic heterocycles. The van der Waals surface area contributed by atoms with E-state index >= 15 is 0 Å². The van der Waals surface area contributed by atoms with Gasteiger partial charge in [-0.3, -0.25) is 0 Å². The van der Waals surface area contributed by atoms with Crippen molar-refractivity contribution in [3.63, 3.8) is 0 Å². The van der Waals surface area contributed by atoms with E-state index < -0.39 is 0 Å². The van der Waals surface area contributed by atoms with Gasteiger partial charge < -0.3 is 15.5 Å². The lowest BCUT2D eigenvalue weighted by molar-refractivity contribution is 0.413. The Morgan fingerprint density at radius 2 is 2.46 bits per heavy atom. The summed E-state index contributed by atoms with van der Waals surface area (Å²) in [6.45, 7) is 0.572. The summed E-state index contributed by atoms with van der Waals surface area (Å²) in [7, 11) is 0. The van der Waals surface area contributed by atoms with E-state index in [2.05, 4.69) is 21.2 Å². The van der Waals surface area contributed by atoms with Crippen LogP contribution in [0.25, 0.3) is 0 Å². The summed E-state index contributed by atoms with van der Waals surface area (Å²) >= 11 is 3.43. The summed E-state index contributed by atoms with van der Waals surface area (Å²) < 4.78 is 6.35. The van der Waals surface area contributed by atoms with Crippen molar-refractivity contribution in [1.29, 1.82) is 0 Å². The van der Waals surface area contributed by atoms with Crippen molar-refractivity contribution < 1.29 is 4.42 Å². The first-order valence-corrected chi connectivity index (χ1v) is 5.29. The van der Waals surface area contributed by atoms with Gasteiger partial charge in [-0.25, -0.2) is 0 Å². The van der Waals surface area contributed by atoms with Gasteiger partial charge in [0.1, 0.15) is 5.76 Å². The molecule has 2 rings (SSSR count). The highest BCUT2D eigenvalue weighted by molar-refractivity contribution is 9.10. The molecule has 1 saturated carbocycles. The van der Waals surface area contributed by atoms with Crippen LogP contribution in [-0.4, -0.2) is 12.6 Å². The molecule has 3 nitrogen and oxygen atoms in total. The van der Waals surface area contributed by atoms with Crippen molar-refractivity contribution in [1.82, 2.24) is 5.32 Å². The summed E-state index contributed by atoms with van der Waals surface area (Å²) in [5.41, 5.74) is 5.67. The summed E-state index contributed by atoms with van der Waals surface area (Å²) in [6, 6.07) is 2.69. The Morgan fingerprint density at radius 3 is 2.92 bits per heavy atom. The molecule has 1 heterocycles. The number of hydrogen-bond donors (Lipinski definition) is 2. The van der Waals surface area contributed by atoms with Crippen LogP contribution >= 0.6 is 15.9 Å². The smallest absolute Gasteiger partial charge is 0.136 e. The minimum Gasteiger partial charge on any atom is -0.466 e. The lowest BCUT2D eigenvalue weighted by Gasteiger charge is -2.14. The highest BCUT2D eigenvalue weighted by Gasteiger charge is 2.26. The fraction of sp³-hybridized carbons (Fsp3) is 0.556. The molecule has 72 valence electrons. The van der Waals surface area contributed by atoms with Crippen LogP contribution in [0.15, 0.2) is 21.2 Å². The Labute approximate surface area is 85.8 Å². The monoisotopic (exact) mass is 244 g/mol. The number of rotatable bonds is 4. The first-order chi connectivity index (χ1) is 6.31. The molecule has 0 saturated heterocycles. The van der Waals surface area contributed by atoms with E-state index in [0.29, 0.717) is 12.6 Å². The molecule has 1 unspecified atom stereocenters. The van der Waals surface area contributed by atoms with Crippen molar-refractivity contribution in [3.05, 3.63) is 22.6 Å². The largest absolute Gasteiger partial charge is 0.466 e. The zero-order chi connectivity index (χ0) is 9.26. The average Bonchev–Trinajstić information content (AvgIpc) is 2.85. The van der Waals surface area contributed by atoms with Gasteiger partial charge in [0.25, 0.3) is 0 Å². The van der Waals surface area contributed by atoms with Crippen molar-refractivity contribution >= 4 is 15.9 Å². The molecule has 0 amide bonds. The van der Waals surface area contributed by atoms with E-state index in [1.807, 2.05) is 6.07 Å². The lowest BCUT2D eigenvalue weighted by atomic mass is 10.2. The third-order valence-electron chi connectivity index (χ3n) is 2.21. The van der Waals surface area contributed by atoms with Crippen LogP contribution in [-0.2, 0) is 0 Å². The van der Waals surface area contributed by atoms with Gasteiger partial charge in [0, 0.05) is 12.6 Å². The summed E-state index contributed by atoms with van der Waals surface area (Å²) in [5, 5.41) is 3.44. The van der Waals surface area contributed by atoms with Crippen LogP contribution in [0.4, 0.5) is 0 Å². The zero-order valence-electron chi connectivity index (χ0n) is 7.29. The Morgan fingerprint density at radius 1 is 1.69 bits per heavy atom. The molecule has 0 spiro atoms. The molecule has 1 aromatic rings. The maximum atomic E-state index is 5.67. The molecule has 1 atom stereocenters. The van der Waals surface area contributed by atoms with Crippen LogP contribution in [0.3, 0.4) is 0 Å². The van der Waals surface area contributed by atoms with E-state index in [-0.39, 0.29) is 6.04 Å². The highest BCUT2D eigenvalue weighted by Crippen LogP contribution is 2.28. The third-order valence-corrected chi connectivity index (χ3v) is 2.87. The normalized spacial score (nSPS) is 18.9. The minimum absolute atomic E-state index is 0.150. The van der Waals surface area contributed by atoms with Crippen LogP contribution in [0.1, 0.15) is 24.6 Å². The quantitative estimate of drug-likeness (QED) is 0.850. The topological polar surface area (TPSA) is 51.2 Å². The van der Waals surface area contributed by atoms with E-state index in [1.54, 1.807) is 6.26 Å². The Hall–Kier alpha value is -0.320. The minimum atomic E-state index is 0.150. The predicted molar refractivity (Wildman–Crippen MR) is 54.4 cm³/mol. The lowest BCUT2D eigenvalue weighted by Crippen LogP contribution is -2.29. The molecule has 0 radical (unpaired) electrons. The second-order valence-electron chi connectivity index (χ2n) is 3.36. The Bertz CT molecular complexity index is 283. The van der Waals surface area contributed by atoms with E-state index in [9.17, 15) is 0 Å². The molecule has 1 aliphatic carbocycles. The molecule has 1 fully saturated rings. The first kappa shape index (κ1) is 9.24. The van der Waals surface area contributed by atoms with Gasteiger partial charge in [0.15, 0.2) is 0 Å². The molecule has 13 heavy (non-hydrogen) atoms. The SMILES string of the molecule is NCC(NC1CC1)c1occc1Br. The zero-order valence-corrected chi connectivity index (χ0v) is 8.88. The molecular formula is C9H13BrN2O. The average molecular weight is 245 g/mol. The van der Waals surface area contributed by atoms with Gasteiger partial charge >= 0.3 is 0 Å². The maximum Gasteiger partial charge on any atom is 0.136 e.